The summed E-state index contributed by atoms with van der Waals surface area (Å²) in [5.41, 5.74) is 7.92. The van der Waals surface area contributed by atoms with Crippen molar-refractivity contribution in [1.29, 1.82) is 0 Å². The topological polar surface area (TPSA) is 55.1 Å². The molecule has 0 unspecified atom stereocenters. The molecule has 4 heteroatoms. The molecule has 1 fully saturated rings. The van der Waals surface area contributed by atoms with E-state index >= 15 is 0 Å². The number of carbonyl (C=O) groups excluding carboxylic acids is 1. The van der Waals surface area contributed by atoms with Gasteiger partial charge in [0.2, 0.25) is 0 Å². The quantitative estimate of drug-likeness (QED) is 0.901. The number of anilines is 1. The van der Waals surface area contributed by atoms with Gasteiger partial charge in [-0.25, -0.2) is 0 Å². The Labute approximate surface area is 123 Å². The Bertz CT molecular complexity index is 643. The van der Waals surface area contributed by atoms with Crippen molar-refractivity contribution < 1.29 is 4.79 Å². The Morgan fingerprint density at radius 3 is 2.90 bits per heavy atom. The molecule has 1 aliphatic rings. The number of nitrogens with two attached hydrogens (primary N) is 1. The van der Waals surface area contributed by atoms with Crippen molar-refractivity contribution in [2.24, 2.45) is 5.92 Å². The van der Waals surface area contributed by atoms with Crippen LogP contribution in [0.15, 0.2) is 18.2 Å². The standard InChI is InChI=1S/C16H20N2OS/c1-10-4-2-7-12-13(17)15(20-14(10)12)16(19)18-9-8-11-5-3-6-11/h2,4,7,11H,3,5-6,8-9,17H2,1H3,(H,18,19). The Morgan fingerprint density at radius 2 is 2.25 bits per heavy atom. The maximum Gasteiger partial charge on any atom is 0.263 e. The number of carbonyl (C=O) groups is 1. The van der Waals surface area contributed by atoms with Crippen molar-refractivity contribution in [3.63, 3.8) is 0 Å². The van der Waals surface area contributed by atoms with Crippen LogP contribution in [0.5, 0.6) is 0 Å². The zero-order valence-electron chi connectivity index (χ0n) is 11.7. The molecule has 3 rings (SSSR count). The zero-order valence-corrected chi connectivity index (χ0v) is 12.6. The van der Waals surface area contributed by atoms with Crippen LogP contribution in [-0.4, -0.2) is 12.5 Å². The summed E-state index contributed by atoms with van der Waals surface area (Å²) >= 11 is 1.50. The largest absolute Gasteiger partial charge is 0.397 e. The monoisotopic (exact) mass is 288 g/mol. The van der Waals surface area contributed by atoms with E-state index in [1.807, 2.05) is 12.1 Å². The van der Waals surface area contributed by atoms with Crippen LogP contribution in [0, 0.1) is 12.8 Å². The van der Waals surface area contributed by atoms with Crippen LogP contribution in [0.2, 0.25) is 0 Å². The highest BCUT2D eigenvalue weighted by atomic mass is 32.1. The third-order valence-corrected chi connectivity index (χ3v) is 5.58. The molecule has 1 heterocycles. The van der Waals surface area contributed by atoms with Crippen molar-refractivity contribution in [3.8, 4) is 0 Å². The second-order valence-electron chi connectivity index (χ2n) is 5.64. The fraction of sp³-hybridized carbons (Fsp3) is 0.438. The lowest BCUT2D eigenvalue weighted by Gasteiger charge is -2.25. The predicted molar refractivity (Wildman–Crippen MR) is 85.3 cm³/mol. The maximum absolute atomic E-state index is 12.3. The van der Waals surface area contributed by atoms with Gasteiger partial charge in [0, 0.05) is 16.6 Å². The highest BCUT2D eigenvalue weighted by Crippen LogP contribution is 2.35. The lowest BCUT2D eigenvalue weighted by Crippen LogP contribution is -2.27. The Balaban J connectivity index is 1.73. The molecule has 3 nitrogen and oxygen atoms in total. The number of nitrogen functional groups attached to an aromatic ring is 1. The number of benzene rings is 1. The third kappa shape index (κ3) is 2.40. The van der Waals surface area contributed by atoms with Gasteiger partial charge >= 0.3 is 0 Å². The average molecular weight is 288 g/mol. The number of hydrogen-bond acceptors (Lipinski definition) is 3. The number of fused-ring (bicyclic) bond motifs is 1. The molecule has 1 amide bonds. The number of aryl methyl sites for hydroxylation is 1. The van der Waals surface area contributed by atoms with E-state index < -0.39 is 0 Å². The molecular formula is C16H20N2OS. The number of hydrogen-bond donors (Lipinski definition) is 2. The van der Waals surface area contributed by atoms with Crippen LogP contribution >= 0.6 is 11.3 Å². The summed E-state index contributed by atoms with van der Waals surface area (Å²) < 4.78 is 1.12. The lowest BCUT2D eigenvalue weighted by molar-refractivity contribution is 0.0954. The summed E-state index contributed by atoms with van der Waals surface area (Å²) in [7, 11) is 0. The molecule has 2 aromatic rings. The molecule has 0 aliphatic heterocycles. The van der Waals surface area contributed by atoms with Crippen molar-refractivity contribution >= 4 is 33.0 Å². The minimum Gasteiger partial charge on any atom is -0.397 e. The Hall–Kier alpha value is -1.55. The predicted octanol–water partition coefficient (Wildman–Crippen LogP) is 3.71. The minimum absolute atomic E-state index is 0.0255. The van der Waals surface area contributed by atoms with E-state index in [0.717, 1.165) is 29.0 Å². The summed E-state index contributed by atoms with van der Waals surface area (Å²) in [6.45, 7) is 2.81. The highest BCUT2D eigenvalue weighted by Gasteiger charge is 2.19. The fourth-order valence-electron chi connectivity index (χ4n) is 2.70. The summed E-state index contributed by atoms with van der Waals surface area (Å²) in [4.78, 5) is 12.9. The van der Waals surface area contributed by atoms with Crippen LogP contribution in [0.1, 0.15) is 40.9 Å². The molecule has 1 aromatic carbocycles. The minimum atomic E-state index is -0.0255. The van der Waals surface area contributed by atoms with Gasteiger partial charge in [-0.2, -0.15) is 0 Å². The van der Waals surface area contributed by atoms with Crippen molar-refractivity contribution in [3.05, 3.63) is 28.6 Å². The van der Waals surface area contributed by atoms with Crippen LogP contribution in [0.25, 0.3) is 10.1 Å². The summed E-state index contributed by atoms with van der Waals surface area (Å²) in [6, 6.07) is 6.02. The first kappa shape index (κ1) is 13.4. The van der Waals surface area contributed by atoms with Gasteiger partial charge in [0.25, 0.3) is 5.91 Å². The van der Waals surface area contributed by atoms with Gasteiger partial charge in [-0.15, -0.1) is 11.3 Å². The van der Waals surface area contributed by atoms with E-state index in [1.54, 1.807) is 0 Å². The second-order valence-corrected chi connectivity index (χ2v) is 6.66. The van der Waals surface area contributed by atoms with E-state index in [1.165, 1.54) is 36.2 Å². The smallest absolute Gasteiger partial charge is 0.263 e. The maximum atomic E-state index is 12.3. The van der Waals surface area contributed by atoms with Gasteiger partial charge in [0.05, 0.1) is 5.69 Å². The molecule has 3 N–H and O–H groups in total. The van der Waals surface area contributed by atoms with Gasteiger partial charge in [0.15, 0.2) is 0 Å². The van der Waals surface area contributed by atoms with E-state index in [0.29, 0.717) is 10.6 Å². The van der Waals surface area contributed by atoms with Gasteiger partial charge < -0.3 is 11.1 Å². The molecule has 0 bridgehead atoms. The van der Waals surface area contributed by atoms with Crippen LogP contribution < -0.4 is 11.1 Å². The first-order valence-electron chi connectivity index (χ1n) is 7.22. The van der Waals surface area contributed by atoms with Crippen LogP contribution in [0.3, 0.4) is 0 Å². The zero-order chi connectivity index (χ0) is 14.1. The third-order valence-electron chi connectivity index (χ3n) is 4.22. The van der Waals surface area contributed by atoms with E-state index in [9.17, 15) is 4.79 Å². The summed E-state index contributed by atoms with van der Waals surface area (Å²) in [5, 5.41) is 4.01. The highest BCUT2D eigenvalue weighted by molar-refractivity contribution is 7.21. The van der Waals surface area contributed by atoms with E-state index in [2.05, 4.69) is 18.3 Å². The molecule has 1 saturated carbocycles. The number of rotatable bonds is 4. The lowest BCUT2D eigenvalue weighted by atomic mass is 9.83. The first-order valence-corrected chi connectivity index (χ1v) is 8.04. The van der Waals surface area contributed by atoms with Crippen molar-refractivity contribution in [2.45, 2.75) is 32.6 Å². The molecule has 0 atom stereocenters. The van der Waals surface area contributed by atoms with E-state index in [-0.39, 0.29) is 5.91 Å². The van der Waals surface area contributed by atoms with Gasteiger partial charge in [-0.1, -0.05) is 37.5 Å². The molecular weight excluding hydrogens is 268 g/mol. The van der Waals surface area contributed by atoms with Crippen LogP contribution in [-0.2, 0) is 0 Å². The average Bonchev–Trinajstić information content (AvgIpc) is 2.72. The molecule has 0 radical (unpaired) electrons. The summed E-state index contributed by atoms with van der Waals surface area (Å²) in [5.74, 6) is 0.791. The number of thiophene rings is 1. The van der Waals surface area contributed by atoms with Gasteiger partial charge in [0.1, 0.15) is 4.88 Å². The van der Waals surface area contributed by atoms with Gasteiger partial charge in [-0.3, -0.25) is 4.79 Å². The number of amides is 1. The molecule has 1 aliphatic carbocycles. The number of nitrogens with one attached hydrogen (secondary N) is 1. The Kier molecular flexibility index (Phi) is 3.66. The molecule has 0 spiro atoms. The summed E-state index contributed by atoms with van der Waals surface area (Å²) in [6.07, 6.45) is 5.08. The first-order chi connectivity index (χ1) is 9.66. The molecule has 1 aromatic heterocycles. The van der Waals surface area contributed by atoms with E-state index in [4.69, 9.17) is 5.73 Å². The SMILES string of the molecule is Cc1cccc2c(N)c(C(=O)NCCC3CCC3)sc12. The fourth-order valence-corrected chi connectivity index (χ4v) is 3.81. The molecule has 0 saturated heterocycles. The Morgan fingerprint density at radius 1 is 1.45 bits per heavy atom. The van der Waals surface area contributed by atoms with Crippen molar-refractivity contribution in [1.82, 2.24) is 5.32 Å². The van der Waals surface area contributed by atoms with Gasteiger partial charge in [-0.05, 0) is 24.8 Å². The normalized spacial score (nSPS) is 15.2. The molecule has 106 valence electrons. The molecule has 20 heavy (non-hydrogen) atoms. The van der Waals surface area contributed by atoms with Crippen LogP contribution in [0.4, 0.5) is 5.69 Å². The second kappa shape index (κ2) is 5.44. The van der Waals surface area contributed by atoms with Crippen molar-refractivity contribution in [2.75, 3.05) is 12.3 Å².